The maximum atomic E-state index is 13.3. The van der Waals surface area contributed by atoms with Crippen LogP contribution in [0, 0.1) is 23.3 Å². The minimum absolute atomic E-state index is 0.208. The molecule has 124 valence electrons. The van der Waals surface area contributed by atoms with E-state index in [0.29, 0.717) is 0 Å². The van der Waals surface area contributed by atoms with Crippen LogP contribution in [0.2, 0.25) is 0 Å². The van der Waals surface area contributed by atoms with Crippen molar-refractivity contribution in [2.75, 3.05) is 0 Å². The molecule has 0 spiro atoms. The highest BCUT2D eigenvalue weighted by atomic mass is 19.4. The molecule has 2 N–H and O–H groups in total. The molecule has 9 heteroatoms. The Balaban J connectivity index is 2.69. The van der Waals surface area contributed by atoms with Gasteiger partial charge in [0.15, 0.2) is 34.8 Å². The second kappa shape index (κ2) is 5.64. The average Bonchev–Trinajstić information content (AvgIpc) is 2.40. The standard InChI is InChI=1S/C14H7F7O2/c15-7-1-5(2-8(16)12(7)22)11(14(19,20)21)6-3-9(17)13(23)10(18)4-6/h1-4,11,22-23H. The van der Waals surface area contributed by atoms with Crippen LogP contribution in [0.5, 0.6) is 11.5 Å². The Morgan fingerprint density at radius 3 is 1.13 bits per heavy atom. The highest BCUT2D eigenvalue weighted by Crippen LogP contribution is 2.42. The van der Waals surface area contributed by atoms with Crippen molar-refractivity contribution in [2.45, 2.75) is 12.1 Å². The molecule has 0 aliphatic heterocycles. The topological polar surface area (TPSA) is 40.5 Å². The van der Waals surface area contributed by atoms with Crippen molar-refractivity contribution >= 4 is 0 Å². The predicted octanol–water partition coefficient (Wildman–Crippen LogP) is 4.35. The number of rotatable bonds is 2. The van der Waals surface area contributed by atoms with E-state index >= 15 is 0 Å². The smallest absolute Gasteiger partial charge is 0.399 e. The van der Waals surface area contributed by atoms with Gasteiger partial charge in [-0.1, -0.05) is 0 Å². The number of hydrogen-bond acceptors (Lipinski definition) is 2. The van der Waals surface area contributed by atoms with Gasteiger partial charge in [-0.05, 0) is 35.4 Å². The third kappa shape index (κ3) is 3.17. The van der Waals surface area contributed by atoms with Gasteiger partial charge in [0.25, 0.3) is 0 Å². The quantitative estimate of drug-likeness (QED) is 0.798. The van der Waals surface area contributed by atoms with Crippen molar-refractivity contribution in [3.63, 3.8) is 0 Å². The largest absolute Gasteiger partial charge is 0.503 e. The molecule has 23 heavy (non-hydrogen) atoms. The molecule has 0 aliphatic rings. The fourth-order valence-corrected chi connectivity index (χ4v) is 2.07. The van der Waals surface area contributed by atoms with Crippen molar-refractivity contribution < 1.29 is 40.9 Å². The van der Waals surface area contributed by atoms with Gasteiger partial charge in [-0.3, -0.25) is 0 Å². The van der Waals surface area contributed by atoms with Crippen LogP contribution in [0.25, 0.3) is 0 Å². The lowest BCUT2D eigenvalue weighted by Crippen LogP contribution is -2.22. The molecular weight excluding hydrogens is 333 g/mol. The molecule has 0 aromatic heterocycles. The predicted molar refractivity (Wildman–Crippen MR) is 63.9 cm³/mol. The van der Waals surface area contributed by atoms with Crippen molar-refractivity contribution in [2.24, 2.45) is 0 Å². The van der Waals surface area contributed by atoms with E-state index in [1.54, 1.807) is 0 Å². The third-order valence-electron chi connectivity index (χ3n) is 3.07. The first kappa shape index (κ1) is 16.9. The van der Waals surface area contributed by atoms with Gasteiger partial charge in [0.1, 0.15) is 5.92 Å². The number of benzene rings is 2. The van der Waals surface area contributed by atoms with Crippen molar-refractivity contribution in [3.05, 3.63) is 58.7 Å². The summed E-state index contributed by atoms with van der Waals surface area (Å²) >= 11 is 0. The first-order valence-corrected chi connectivity index (χ1v) is 5.95. The van der Waals surface area contributed by atoms with Crippen LogP contribution in [0.3, 0.4) is 0 Å². The highest BCUT2D eigenvalue weighted by Gasteiger charge is 2.43. The number of halogens is 7. The van der Waals surface area contributed by atoms with Crippen LogP contribution >= 0.6 is 0 Å². The van der Waals surface area contributed by atoms with Crippen LogP contribution in [0.1, 0.15) is 17.0 Å². The van der Waals surface area contributed by atoms with Crippen LogP contribution in [0.4, 0.5) is 30.7 Å². The second-order valence-corrected chi connectivity index (χ2v) is 4.64. The number of alkyl halides is 3. The van der Waals surface area contributed by atoms with Crippen molar-refractivity contribution in [1.29, 1.82) is 0 Å². The Kier molecular flexibility index (Phi) is 4.14. The summed E-state index contributed by atoms with van der Waals surface area (Å²) in [4.78, 5) is 0. The van der Waals surface area contributed by atoms with E-state index in [4.69, 9.17) is 10.2 Å². The van der Waals surface area contributed by atoms with Crippen molar-refractivity contribution in [1.82, 2.24) is 0 Å². The van der Waals surface area contributed by atoms with E-state index in [0.717, 1.165) is 0 Å². The molecule has 0 heterocycles. The SMILES string of the molecule is Oc1c(F)cc(C(c2cc(F)c(O)c(F)c2)C(F)(F)F)cc1F. The molecule has 0 bridgehead atoms. The zero-order valence-electron chi connectivity index (χ0n) is 10.9. The molecular formula is C14H7F7O2. The lowest BCUT2D eigenvalue weighted by atomic mass is 9.90. The van der Waals surface area contributed by atoms with Gasteiger partial charge in [0, 0.05) is 0 Å². The Hall–Kier alpha value is -2.45. The first-order valence-electron chi connectivity index (χ1n) is 5.95. The highest BCUT2D eigenvalue weighted by molar-refractivity contribution is 5.41. The molecule has 0 saturated heterocycles. The summed E-state index contributed by atoms with van der Waals surface area (Å²) in [5.41, 5.74) is -2.01. The lowest BCUT2D eigenvalue weighted by molar-refractivity contribution is -0.141. The maximum Gasteiger partial charge on any atom is 0.399 e. The number of aromatic hydroxyl groups is 2. The molecule has 0 aliphatic carbocycles. The molecule has 0 amide bonds. The molecule has 0 unspecified atom stereocenters. The van der Waals surface area contributed by atoms with E-state index in [2.05, 4.69) is 0 Å². The minimum Gasteiger partial charge on any atom is -0.503 e. The fourth-order valence-electron chi connectivity index (χ4n) is 2.07. The van der Waals surface area contributed by atoms with Crippen LogP contribution in [0.15, 0.2) is 24.3 Å². The Morgan fingerprint density at radius 1 is 0.652 bits per heavy atom. The van der Waals surface area contributed by atoms with E-state index in [1.165, 1.54) is 0 Å². The van der Waals surface area contributed by atoms with Gasteiger partial charge in [-0.15, -0.1) is 0 Å². The van der Waals surface area contributed by atoms with Gasteiger partial charge < -0.3 is 10.2 Å². The number of phenols is 2. The molecule has 2 aromatic rings. The van der Waals surface area contributed by atoms with Crippen molar-refractivity contribution in [3.8, 4) is 11.5 Å². The monoisotopic (exact) mass is 340 g/mol. The molecule has 0 fully saturated rings. The second-order valence-electron chi connectivity index (χ2n) is 4.64. The zero-order valence-corrected chi connectivity index (χ0v) is 10.9. The summed E-state index contributed by atoms with van der Waals surface area (Å²) in [5, 5.41) is 17.9. The van der Waals surface area contributed by atoms with E-state index in [9.17, 15) is 30.7 Å². The van der Waals surface area contributed by atoms with Gasteiger partial charge in [0.2, 0.25) is 0 Å². The summed E-state index contributed by atoms with van der Waals surface area (Å²) in [6.07, 6.45) is -5.15. The van der Waals surface area contributed by atoms with E-state index < -0.39 is 58.0 Å². The lowest BCUT2D eigenvalue weighted by Gasteiger charge is -2.22. The summed E-state index contributed by atoms with van der Waals surface area (Å²) in [7, 11) is 0. The average molecular weight is 340 g/mol. The minimum atomic E-state index is -5.15. The van der Waals surface area contributed by atoms with Crippen LogP contribution in [-0.2, 0) is 0 Å². The molecule has 2 aromatic carbocycles. The fraction of sp³-hybridized carbons (Fsp3) is 0.143. The van der Waals surface area contributed by atoms with Gasteiger partial charge in [0.05, 0.1) is 0 Å². The zero-order chi connectivity index (χ0) is 17.5. The summed E-state index contributed by atoms with van der Waals surface area (Å²) in [6.45, 7) is 0. The van der Waals surface area contributed by atoms with Crippen LogP contribution < -0.4 is 0 Å². The summed E-state index contributed by atoms with van der Waals surface area (Å²) in [6, 6.07) is 0.830. The molecule has 2 rings (SSSR count). The molecule has 2 nitrogen and oxygen atoms in total. The number of hydrogen-bond donors (Lipinski definition) is 2. The van der Waals surface area contributed by atoms with Gasteiger partial charge in [-0.2, -0.15) is 13.2 Å². The van der Waals surface area contributed by atoms with Gasteiger partial charge >= 0.3 is 6.18 Å². The van der Waals surface area contributed by atoms with Crippen LogP contribution in [-0.4, -0.2) is 16.4 Å². The first-order chi connectivity index (χ1) is 10.5. The van der Waals surface area contributed by atoms with E-state index in [1.807, 2.05) is 0 Å². The normalized spacial score (nSPS) is 12.0. The molecule has 0 saturated carbocycles. The third-order valence-corrected chi connectivity index (χ3v) is 3.07. The summed E-state index contributed by atoms with van der Waals surface area (Å²) in [5.74, 6) is -12.3. The van der Waals surface area contributed by atoms with Gasteiger partial charge in [-0.25, -0.2) is 17.6 Å². The maximum absolute atomic E-state index is 13.3. The molecule has 0 atom stereocenters. The number of phenolic OH excluding ortho intramolecular Hbond substituents is 2. The Labute approximate surface area is 124 Å². The summed E-state index contributed by atoms with van der Waals surface area (Å²) < 4.78 is 92.7. The van der Waals surface area contributed by atoms with E-state index in [-0.39, 0.29) is 24.3 Å². The molecule has 0 radical (unpaired) electrons. The Bertz CT molecular complexity index is 652. The Morgan fingerprint density at radius 2 is 0.913 bits per heavy atom.